The fourth-order valence-corrected chi connectivity index (χ4v) is 3.15. The monoisotopic (exact) mass is 282 g/mol. The summed E-state index contributed by atoms with van der Waals surface area (Å²) in [6.07, 6.45) is 4.58. The zero-order chi connectivity index (χ0) is 15.5. The third kappa shape index (κ3) is 3.50. The molecule has 0 aromatic carbocycles. The van der Waals surface area contributed by atoms with Gasteiger partial charge in [-0.1, -0.05) is 47.1 Å². The van der Waals surface area contributed by atoms with Crippen LogP contribution in [-0.4, -0.2) is 22.8 Å². The normalized spacial score (nSPS) is 37.0. The van der Waals surface area contributed by atoms with Gasteiger partial charge < -0.3 is 9.84 Å². The van der Waals surface area contributed by atoms with E-state index in [1.807, 2.05) is 20.8 Å². The zero-order valence-electron chi connectivity index (χ0n) is 13.8. The number of rotatable bonds is 5. The van der Waals surface area contributed by atoms with Gasteiger partial charge in [0, 0.05) is 5.92 Å². The van der Waals surface area contributed by atoms with Gasteiger partial charge in [0.2, 0.25) is 0 Å². The van der Waals surface area contributed by atoms with Crippen molar-refractivity contribution in [3.63, 3.8) is 0 Å². The van der Waals surface area contributed by atoms with Crippen molar-refractivity contribution in [2.24, 2.45) is 17.8 Å². The molecular weight excluding hydrogens is 252 g/mol. The molecule has 0 spiro atoms. The molecule has 1 aliphatic heterocycles. The highest BCUT2D eigenvalue weighted by molar-refractivity contribution is 5.85. The van der Waals surface area contributed by atoms with Crippen LogP contribution in [0.4, 0.5) is 0 Å². The summed E-state index contributed by atoms with van der Waals surface area (Å²) in [5.74, 6) is -1.40. The maximum atomic E-state index is 12.4. The average molecular weight is 282 g/mol. The molecule has 1 heterocycles. The fourth-order valence-electron chi connectivity index (χ4n) is 3.15. The van der Waals surface area contributed by atoms with Gasteiger partial charge in [-0.25, -0.2) is 0 Å². The standard InChI is InChI=1S/C17H30O3/c1-7-9-11(3)10-12(4)16-13(5)15(18)14(6)17(19,8-2)20-16/h10-11,13-14,16,19H,7-9H2,1-6H3/b12-10+/t11?,13-,14+,16+,17-/m1/s1. The smallest absolute Gasteiger partial charge is 0.175 e. The van der Waals surface area contributed by atoms with Gasteiger partial charge in [-0.3, -0.25) is 4.79 Å². The summed E-state index contributed by atoms with van der Waals surface area (Å²) in [5, 5.41) is 10.5. The molecule has 116 valence electrons. The Labute approximate surface area is 123 Å². The van der Waals surface area contributed by atoms with Crippen molar-refractivity contribution in [1.29, 1.82) is 0 Å². The molecule has 3 heteroatoms. The van der Waals surface area contributed by atoms with Crippen molar-refractivity contribution in [3.8, 4) is 0 Å². The summed E-state index contributed by atoms with van der Waals surface area (Å²) in [5.41, 5.74) is 1.06. The Morgan fingerprint density at radius 3 is 2.55 bits per heavy atom. The summed E-state index contributed by atoms with van der Waals surface area (Å²) in [4.78, 5) is 12.4. The first-order valence-electron chi connectivity index (χ1n) is 7.89. The van der Waals surface area contributed by atoms with Crippen LogP contribution in [0.2, 0.25) is 0 Å². The second-order valence-electron chi connectivity index (χ2n) is 6.33. The third-order valence-corrected chi connectivity index (χ3v) is 4.58. The van der Waals surface area contributed by atoms with Crippen molar-refractivity contribution < 1.29 is 14.6 Å². The van der Waals surface area contributed by atoms with Gasteiger partial charge in [0.05, 0.1) is 12.0 Å². The van der Waals surface area contributed by atoms with Crippen LogP contribution in [0.25, 0.3) is 0 Å². The predicted octanol–water partition coefficient (Wildman–Crippen LogP) is 3.71. The van der Waals surface area contributed by atoms with E-state index in [1.165, 1.54) is 0 Å². The molecular formula is C17H30O3. The molecule has 0 aliphatic carbocycles. The van der Waals surface area contributed by atoms with E-state index in [4.69, 9.17) is 4.74 Å². The van der Waals surface area contributed by atoms with Gasteiger partial charge in [0.25, 0.3) is 0 Å². The molecule has 1 saturated heterocycles. The van der Waals surface area contributed by atoms with E-state index < -0.39 is 11.7 Å². The van der Waals surface area contributed by atoms with Gasteiger partial charge in [-0.15, -0.1) is 0 Å². The summed E-state index contributed by atoms with van der Waals surface area (Å²) >= 11 is 0. The van der Waals surface area contributed by atoms with E-state index in [9.17, 15) is 9.90 Å². The molecule has 1 fully saturated rings. The van der Waals surface area contributed by atoms with Gasteiger partial charge in [0.15, 0.2) is 5.79 Å². The fraction of sp³-hybridized carbons (Fsp3) is 0.824. The van der Waals surface area contributed by atoms with Crippen molar-refractivity contribution in [3.05, 3.63) is 11.6 Å². The highest BCUT2D eigenvalue weighted by Crippen LogP contribution is 2.38. The second-order valence-corrected chi connectivity index (χ2v) is 6.33. The molecule has 0 aromatic rings. The van der Waals surface area contributed by atoms with E-state index >= 15 is 0 Å². The molecule has 1 aliphatic rings. The van der Waals surface area contributed by atoms with Gasteiger partial charge in [-0.05, 0) is 31.3 Å². The maximum absolute atomic E-state index is 12.4. The summed E-state index contributed by atoms with van der Waals surface area (Å²) in [6, 6.07) is 0. The van der Waals surface area contributed by atoms with Crippen LogP contribution < -0.4 is 0 Å². The van der Waals surface area contributed by atoms with E-state index in [2.05, 4.69) is 19.9 Å². The lowest BCUT2D eigenvalue weighted by molar-refractivity contribution is -0.271. The number of carbonyl (C=O) groups excluding carboxylic acids is 1. The van der Waals surface area contributed by atoms with Crippen molar-refractivity contribution >= 4 is 5.78 Å². The van der Waals surface area contributed by atoms with Crippen molar-refractivity contribution in [1.82, 2.24) is 0 Å². The highest BCUT2D eigenvalue weighted by atomic mass is 16.6. The second kappa shape index (κ2) is 6.86. The molecule has 1 unspecified atom stereocenters. The first kappa shape index (κ1) is 17.4. The number of aliphatic hydroxyl groups is 1. The molecule has 1 rings (SSSR count). The predicted molar refractivity (Wildman–Crippen MR) is 81.3 cm³/mol. The van der Waals surface area contributed by atoms with Crippen LogP contribution >= 0.6 is 0 Å². The molecule has 3 nitrogen and oxygen atoms in total. The van der Waals surface area contributed by atoms with E-state index in [0.29, 0.717) is 12.3 Å². The molecule has 5 atom stereocenters. The van der Waals surface area contributed by atoms with Crippen LogP contribution in [0.15, 0.2) is 11.6 Å². The van der Waals surface area contributed by atoms with Gasteiger partial charge >= 0.3 is 0 Å². The lowest BCUT2D eigenvalue weighted by atomic mass is 9.79. The number of carbonyl (C=O) groups is 1. The SMILES string of the molecule is CCCC(C)/C=C(\C)[C@@H]1O[C@](O)(CC)[C@@H](C)C(=O)[C@H]1C. The zero-order valence-corrected chi connectivity index (χ0v) is 13.8. The lowest BCUT2D eigenvalue weighted by Crippen LogP contribution is -2.55. The topological polar surface area (TPSA) is 46.5 Å². The van der Waals surface area contributed by atoms with Gasteiger partial charge in [0.1, 0.15) is 5.78 Å². The molecule has 20 heavy (non-hydrogen) atoms. The van der Waals surface area contributed by atoms with Crippen LogP contribution in [0.5, 0.6) is 0 Å². The number of ketones is 1. The lowest BCUT2D eigenvalue weighted by Gasteiger charge is -2.44. The minimum absolute atomic E-state index is 0.0986. The molecule has 0 amide bonds. The minimum Gasteiger partial charge on any atom is -0.365 e. The Morgan fingerprint density at radius 1 is 1.45 bits per heavy atom. The molecule has 1 N–H and O–H groups in total. The number of hydrogen-bond donors (Lipinski definition) is 1. The Morgan fingerprint density at radius 2 is 2.05 bits per heavy atom. The largest absolute Gasteiger partial charge is 0.365 e. The molecule has 0 aromatic heterocycles. The molecule has 0 bridgehead atoms. The van der Waals surface area contributed by atoms with Crippen molar-refractivity contribution in [2.45, 2.75) is 72.7 Å². The Bertz CT molecular complexity index is 374. The third-order valence-electron chi connectivity index (χ3n) is 4.58. The summed E-state index contributed by atoms with van der Waals surface area (Å²) in [7, 11) is 0. The van der Waals surface area contributed by atoms with E-state index in [-0.39, 0.29) is 17.8 Å². The van der Waals surface area contributed by atoms with Crippen molar-refractivity contribution in [2.75, 3.05) is 0 Å². The molecule has 0 saturated carbocycles. The van der Waals surface area contributed by atoms with Gasteiger partial charge in [-0.2, -0.15) is 0 Å². The minimum atomic E-state index is -1.32. The number of hydrogen-bond acceptors (Lipinski definition) is 3. The Hall–Kier alpha value is -0.670. The maximum Gasteiger partial charge on any atom is 0.175 e. The highest BCUT2D eigenvalue weighted by Gasteiger charge is 2.48. The Balaban J connectivity index is 2.96. The number of Topliss-reactive ketones (excluding diaryl/α,β-unsaturated/α-hetero) is 1. The molecule has 0 radical (unpaired) electrons. The van der Waals surface area contributed by atoms with E-state index in [0.717, 1.165) is 18.4 Å². The van der Waals surface area contributed by atoms with Crippen LogP contribution in [-0.2, 0) is 9.53 Å². The summed E-state index contributed by atoms with van der Waals surface area (Å²) in [6.45, 7) is 11.9. The number of allylic oxidation sites excluding steroid dienone is 1. The summed E-state index contributed by atoms with van der Waals surface area (Å²) < 4.78 is 5.93. The quantitative estimate of drug-likeness (QED) is 0.782. The first-order chi connectivity index (χ1) is 9.26. The van der Waals surface area contributed by atoms with E-state index in [1.54, 1.807) is 6.92 Å². The first-order valence-corrected chi connectivity index (χ1v) is 7.89. The average Bonchev–Trinajstić information content (AvgIpc) is 2.40. The van der Waals surface area contributed by atoms with Crippen LogP contribution in [0.1, 0.15) is 60.8 Å². The van der Waals surface area contributed by atoms with Crippen LogP contribution in [0.3, 0.4) is 0 Å². The number of ether oxygens (including phenoxy) is 1. The van der Waals surface area contributed by atoms with Crippen LogP contribution in [0, 0.1) is 17.8 Å². The Kier molecular flexibility index (Phi) is 5.96.